The van der Waals surface area contributed by atoms with E-state index < -0.39 is 0 Å². The van der Waals surface area contributed by atoms with E-state index >= 15 is 0 Å². The van der Waals surface area contributed by atoms with Crippen LogP contribution in [0.3, 0.4) is 0 Å². The van der Waals surface area contributed by atoms with Crippen LogP contribution in [0.4, 0.5) is 9.18 Å². The molecule has 2 aromatic carbocycles. The van der Waals surface area contributed by atoms with Crippen LogP contribution in [0.15, 0.2) is 54.7 Å². The minimum Gasteiger partial charge on any atom is -0.496 e. The molecule has 5 heteroatoms. The maximum absolute atomic E-state index is 13.4. The van der Waals surface area contributed by atoms with Gasteiger partial charge < -0.3 is 15.4 Å². The zero-order valence-electron chi connectivity index (χ0n) is 12.2. The molecule has 2 N–H and O–H groups in total. The van der Waals surface area contributed by atoms with Crippen molar-refractivity contribution in [1.29, 1.82) is 0 Å². The summed E-state index contributed by atoms with van der Waals surface area (Å²) in [7, 11) is 1.58. The summed E-state index contributed by atoms with van der Waals surface area (Å²) in [4.78, 5) is 11.7. The highest BCUT2D eigenvalue weighted by molar-refractivity contribution is 5.76. The third kappa shape index (κ3) is 4.34. The fraction of sp³-hybridized carbons (Fsp3) is 0.118. The third-order valence-electron chi connectivity index (χ3n) is 3.01. The van der Waals surface area contributed by atoms with Crippen molar-refractivity contribution < 1.29 is 13.9 Å². The molecule has 22 heavy (non-hydrogen) atoms. The topological polar surface area (TPSA) is 50.4 Å². The number of benzene rings is 2. The highest BCUT2D eigenvalue weighted by atomic mass is 19.1. The number of carbonyl (C=O) groups excluding carboxylic acids is 1. The Morgan fingerprint density at radius 3 is 2.68 bits per heavy atom. The predicted octanol–water partition coefficient (Wildman–Crippen LogP) is 3.30. The van der Waals surface area contributed by atoms with Crippen molar-refractivity contribution in [3.63, 3.8) is 0 Å². The molecule has 0 bridgehead atoms. The van der Waals surface area contributed by atoms with Gasteiger partial charge in [0.15, 0.2) is 0 Å². The van der Waals surface area contributed by atoms with Gasteiger partial charge in [-0.2, -0.15) is 0 Å². The highest BCUT2D eigenvalue weighted by Gasteiger charge is 2.03. The number of hydrogen-bond donors (Lipinski definition) is 2. The summed E-state index contributed by atoms with van der Waals surface area (Å²) >= 11 is 0. The maximum Gasteiger partial charge on any atom is 0.319 e. The maximum atomic E-state index is 13.4. The van der Waals surface area contributed by atoms with Crippen LogP contribution in [0.1, 0.15) is 11.1 Å². The van der Waals surface area contributed by atoms with Crippen LogP contribution >= 0.6 is 0 Å². The van der Waals surface area contributed by atoms with Crippen molar-refractivity contribution in [2.75, 3.05) is 7.11 Å². The zero-order chi connectivity index (χ0) is 15.8. The van der Waals surface area contributed by atoms with Gasteiger partial charge in [0.05, 0.1) is 7.11 Å². The van der Waals surface area contributed by atoms with E-state index in [4.69, 9.17) is 4.74 Å². The fourth-order valence-corrected chi connectivity index (χ4v) is 1.89. The highest BCUT2D eigenvalue weighted by Crippen LogP contribution is 2.16. The largest absolute Gasteiger partial charge is 0.496 e. The van der Waals surface area contributed by atoms with Crippen molar-refractivity contribution in [1.82, 2.24) is 10.6 Å². The van der Waals surface area contributed by atoms with Crippen molar-refractivity contribution in [3.05, 3.63) is 71.7 Å². The van der Waals surface area contributed by atoms with Gasteiger partial charge in [0.25, 0.3) is 0 Å². The summed E-state index contributed by atoms with van der Waals surface area (Å²) in [6.45, 7) is 0.337. The van der Waals surface area contributed by atoms with Gasteiger partial charge >= 0.3 is 6.03 Å². The van der Waals surface area contributed by atoms with Crippen molar-refractivity contribution in [2.24, 2.45) is 0 Å². The molecule has 0 aliphatic rings. The Hall–Kier alpha value is -2.82. The molecule has 0 radical (unpaired) electrons. The number of carbonyl (C=O) groups is 1. The van der Waals surface area contributed by atoms with E-state index in [0.717, 1.165) is 5.56 Å². The molecule has 4 nitrogen and oxygen atoms in total. The lowest BCUT2D eigenvalue weighted by Crippen LogP contribution is -2.31. The SMILES string of the molecule is COc1ccccc1CNC(=O)N/C=C/c1ccccc1F. The van der Waals surface area contributed by atoms with Gasteiger partial charge in [-0.1, -0.05) is 36.4 Å². The van der Waals surface area contributed by atoms with Crippen LogP contribution in [0.2, 0.25) is 0 Å². The van der Waals surface area contributed by atoms with Gasteiger partial charge in [0.1, 0.15) is 11.6 Å². The fourth-order valence-electron chi connectivity index (χ4n) is 1.89. The summed E-state index contributed by atoms with van der Waals surface area (Å²) in [5, 5.41) is 5.23. The molecule has 0 aromatic heterocycles. The first-order valence-electron chi connectivity index (χ1n) is 6.78. The molecule has 2 amide bonds. The second kappa shape index (κ2) is 7.83. The number of rotatable bonds is 5. The molecule has 0 aliphatic heterocycles. The molecular formula is C17H17FN2O2. The molecule has 0 fully saturated rings. The minimum atomic E-state index is -0.376. The van der Waals surface area contributed by atoms with Crippen LogP contribution in [-0.4, -0.2) is 13.1 Å². The van der Waals surface area contributed by atoms with E-state index in [1.54, 1.807) is 25.3 Å². The van der Waals surface area contributed by atoms with Crippen LogP contribution in [0, 0.1) is 5.82 Å². The lowest BCUT2D eigenvalue weighted by molar-refractivity contribution is 0.243. The zero-order valence-corrected chi connectivity index (χ0v) is 12.2. The number of urea groups is 1. The van der Waals surface area contributed by atoms with Crippen LogP contribution in [0.5, 0.6) is 5.75 Å². The molecule has 0 aliphatic carbocycles. The molecular weight excluding hydrogens is 283 g/mol. The summed E-state index contributed by atoms with van der Waals surface area (Å²) in [5.74, 6) is 0.375. The first kappa shape index (κ1) is 15.6. The normalized spacial score (nSPS) is 10.5. The van der Waals surface area contributed by atoms with Crippen LogP contribution in [0.25, 0.3) is 6.08 Å². The molecule has 0 atom stereocenters. The Bertz CT molecular complexity index is 671. The van der Waals surface area contributed by atoms with E-state index in [1.807, 2.05) is 24.3 Å². The number of nitrogens with one attached hydrogen (secondary N) is 2. The molecule has 0 unspecified atom stereocenters. The smallest absolute Gasteiger partial charge is 0.319 e. The van der Waals surface area contributed by atoms with E-state index in [2.05, 4.69) is 10.6 Å². The number of ether oxygens (including phenoxy) is 1. The number of halogens is 1. The van der Waals surface area contributed by atoms with Gasteiger partial charge in [-0.25, -0.2) is 9.18 Å². The van der Waals surface area contributed by atoms with Gasteiger partial charge in [0, 0.05) is 23.9 Å². The Labute approximate surface area is 128 Å². The number of hydrogen-bond acceptors (Lipinski definition) is 2. The van der Waals surface area contributed by atoms with Gasteiger partial charge in [-0.15, -0.1) is 0 Å². The first-order valence-corrected chi connectivity index (χ1v) is 6.78. The third-order valence-corrected chi connectivity index (χ3v) is 3.01. The van der Waals surface area contributed by atoms with Crippen molar-refractivity contribution in [2.45, 2.75) is 6.54 Å². The van der Waals surface area contributed by atoms with Crippen molar-refractivity contribution in [3.8, 4) is 5.75 Å². The second-order valence-corrected chi connectivity index (χ2v) is 4.49. The van der Waals surface area contributed by atoms with E-state index in [0.29, 0.717) is 17.9 Å². The van der Waals surface area contributed by atoms with Gasteiger partial charge in [0.2, 0.25) is 0 Å². The quantitative estimate of drug-likeness (QED) is 0.890. The summed E-state index contributed by atoms with van der Waals surface area (Å²) < 4.78 is 18.6. The van der Waals surface area contributed by atoms with Crippen LogP contribution in [-0.2, 0) is 6.54 Å². The standard InChI is InChI=1S/C17H17FN2O2/c1-22-16-9-5-3-7-14(16)12-20-17(21)19-11-10-13-6-2-4-8-15(13)18/h2-11H,12H2,1H3,(H2,19,20,21)/b11-10+. The molecule has 2 rings (SSSR count). The summed E-state index contributed by atoms with van der Waals surface area (Å²) in [6.07, 6.45) is 2.90. The second-order valence-electron chi connectivity index (χ2n) is 4.49. The lowest BCUT2D eigenvalue weighted by Gasteiger charge is -2.09. The Balaban J connectivity index is 1.85. The van der Waals surface area contributed by atoms with E-state index in [-0.39, 0.29) is 11.8 Å². The van der Waals surface area contributed by atoms with E-state index in [1.165, 1.54) is 18.3 Å². The Morgan fingerprint density at radius 2 is 1.91 bits per heavy atom. The van der Waals surface area contributed by atoms with Crippen molar-refractivity contribution >= 4 is 12.1 Å². The molecule has 0 heterocycles. The molecule has 2 aromatic rings. The summed E-state index contributed by atoms with van der Waals surface area (Å²) in [5.41, 5.74) is 1.28. The summed E-state index contributed by atoms with van der Waals surface area (Å²) in [6, 6.07) is 13.4. The average Bonchev–Trinajstić information content (AvgIpc) is 2.55. The van der Waals surface area contributed by atoms with Crippen LogP contribution < -0.4 is 15.4 Å². The van der Waals surface area contributed by atoms with Gasteiger partial charge in [-0.05, 0) is 18.2 Å². The molecule has 114 valence electrons. The number of amides is 2. The van der Waals surface area contributed by atoms with E-state index in [9.17, 15) is 9.18 Å². The minimum absolute atomic E-state index is 0.337. The monoisotopic (exact) mass is 300 g/mol. The molecule has 0 saturated heterocycles. The Kier molecular flexibility index (Phi) is 5.54. The predicted molar refractivity (Wildman–Crippen MR) is 83.8 cm³/mol. The first-order chi connectivity index (χ1) is 10.7. The lowest BCUT2D eigenvalue weighted by atomic mass is 10.2. The van der Waals surface area contributed by atoms with Gasteiger partial charge in [-0.3, -0.25) is 0 Å². The number of para-hydroxylation sites is 1. The Morgan fingerprint density at radius 1 is 1.18 bits per heavy atom. The average molecular weight is 300 g/mol. The number of methoxy groups -OCH3 is 1. The molecule has 0 spiro atoms. The molecule has 0 saturated carbocycles.